The number of aryl methyl sites for hydroxylation is 11. The highest BCUT2D eigenvalue weighted by Gasteiger charge is 2.06. The molecule has 0 fully saturated rings. The number of thioether (sulfide) groups is 1. The van der Waals surface area contributed by atoms with Crippen LogP contribution in [-0.4, -0.2) is 121 Å². The SMILES string of the molecule is CC.CC.CC.CC.CC.CC.CC.CC.CC.CC.CC.CC.CC.CC.Cc1ccncc1.Cc1ccncn1.Cc1ccnnc1.Cc1cnccn1.Cc1cncnc1.Cc1cncnn1.Cc1cnncn1.Cc1ncccn1.Cc1nccnn1.Cc1ncncn1.c1ccc2c(c1)CCCS2.c1ccc2ccccc2c1. The summed E-state index contributed by atoms with van der Waals surface area (Å²) < 4.78 is 0. The topological polar surface area (TPSA) is 296 Å². The van der Waals surface area contributed by atoms with Crippen molar-refractivity contribution < 1.29 is 0 Å². The Hall–Kier alpha value is -11.1. The molecule has 0 aliphatic carbocycles. The second kappa shape index (κ2) is 124. The minimum atomic E-state index is 0.711. The lowest BCUT2D eigenvalue weighted by Gasteiger charge is -2.13. The molecule has 0 amide bonds. The molecule has 11 heterocycles. The maximum absolute atomic E-state index is 3.92. The maximum Gasteiger partial charge on any atom is 0.147 e. The molecule has 24 heteroatoms. The summed E-state index contributed by atoms with van der Waals surface area (Å²) in [5.74, 6) is 3.59. The number of nitrogens with zero attached hydrogens (tertiary/aromatic N) is 23. The summed E-state index contributed by atoms with van der Waals surface area (Å²) in [7, 11) is 0. The predicted molar refractivity (Wildman–Crippen MR) is 509 cm³/mol. The van der Waals surface area contributed by atoms with Crippen LogP contribution in [0.25, 0.3) is 10.8 Å². The zero-order valence-electron chi connectivity index (χ0n) is 80.3. The number of rotatable bonds is 0. The van der Waals surface area contributed by atoms with Gasteiger partial charge < -0.3 is 0 Å². The molecule has 13 aromatic rings. The highest BCUT2D eigenvalue weighted by molar-refractivity contribution is 7.99. The molecule has 0 spiro atoms. The van der Waals surface area contributed by atoms with Crippen LogP contribution in [0.15, 0.2) is 245 Å². The first-order valence-electron chi connectivity index (χ1n) is 41.9. The second-order valence-electron chi connectivity index (χ2n) is 18.1. The number of fused-ring (bicyclic) bond motifs is 2. The van der Waals surface area contributed by atoms with Crippen molar-refractivity contribution >= 4 is 22.5 Å². The van der Waals surface area contributed by atoms with Gasteiger partial charge >= 0.3 is 0 Å². The fourth-order valence-electron chi connectivity index (χ4n) is 5.91. The van der Waals surface area contributed by atoms with Crippen molar-refractivity contribution in [2.24, 2.45) is 0 Å². The van der Waals surface area contributed by atoms with E-state index in [2.05, 4.69) is 188 Å². The van der Waals surface area contributed by atoms with Crippen molar-refractivity contribution in [2.75, 3.05) is 5.75 Å². The van der Waals surface area contributed by atoms with Gasteiger partial charge in [0.05, 0.1) is 41.9 Å². The van der Waals surface area contributed by atoms with Crippen LogP contribution in [0.1, 0.15) is 263 Å². The lowest BCUT2D eigenvalue weighted by atomic mass is 10.1. The van der Waals surface area contributed by atoms with Crippen molar-refractivity contribution in [3.63, 3.8) is 0 Å². The summed E-state index contributed by atoms with van der Waals surface area (Å²) in [5, 5.41) is 31.3. The van der Waals surface area contributed by atoms with Crippen molar-refractivity contribution in [2.45, 2.75) is 281 Å². The first kappa shape index (κ1) is 133. The van der Waals surface area contributed by atoms with E-state index in [-0.39, 0.29) is 0 Å². The van der Waals surface area contributed by atoms with E-state index in [1.54, 1.807) is 118 Å². The van der Waals surface area contributed by atoms with E-state index in [9.17, 15) is 0 Å². The smallest absolute Gasteiger partial charge is 0.147 e. The third kappa shape index (κ3) is 103. The molecule has 0 bridgehead atoms. The summed E-state index contributed by atoms with van der Waals surface area (Å²) >= 11 is 1.99. The summed E-state index contributed by atoms with van der Waals surface area (Å²) in [4.78, 5) is 58.4. The molecule has 0 saturated carbocycles. The van der Waals surface area contributed by atoms with Gasteiger partial charge in [0, 0.05) is 85.0 Å². The Morgan fingerprint density at radius 1 is 0.229 bits per heavy atom. The van der Waals surface area contributed by atoms with Crippen LogP contribution < -0.4 is 0 Å². The molecule has 0 saturated heterocycles. The van der Waals surface area contributed by atoms with Crippen molar-refractivity contribution in [1.82, 2.24) is 116 Å². The Morgan fingerprint density at radius 2 is 0.669 bits per heavy atom. The van der Waals surface area contributed by atoms with E-state index in [0.29, 0.717) is 5.82 Å². The van der Waals surface area contributed by atoms with E-state index in [1.807, 2.05) is 292 Å². The molecule has 10 aromatic heterocycles. The molecule has 0 radical (unpaired) electrons. The van der Waals surface area contributed by atoms with Crippen LogP contribution in [-0.2, 0) is 6.42 Å². The van der Waals surface area contributed by atoms with Gasteiger partial charge in [-0.2, -0.15) is 25.5 Å². The van der Waals surface area contributed by atoms with Crippen LogP contribution in [0.3, 0.4) is 0 Å². The maximum atomic E-state index is 3.92. The molecular weight excluding hydrogens is 1480 g/mol. The zero-order chi connectivity index (χ0) is 92.8. The van der Waals surface area contributed by atoms with Crippen LogP contribution in [0.4, 0.5) is 0 Å². The molecular formula is C94H159N23S. The van der Waals surface area contributed by atoms with Crippen LogP contribution in [0, 0.1) is 69.2 Å². The normalized spacial score (nSPS) is 8.12. The Kier molecular flexibility index (Phi) is 140. The fourth-order valence-corrected chi connectivity index (χ4v) is 6.95. The van der Waals surface area contributed by atoms with Gasteiger partial charge in [-0.1, -0.05) is 261 Å². The number of benzene rings is 3. The van der Waals surface area contributed by atoms with Gasteiger partial charge in [-0.15, -0.1) is 27.1 Å². The Bertz CT molecular complexity index is 3010. The molecule has 23 nitrogen and oxygen atoms in total. The summed E-state index contributed by atoms with van der Waals surface area (Å²) in [5.41, 5.74) is 8.77. The molecule has 0 unspecified atom stereocenters. The first-order chi connectivity index (χ1) is 57.9. The summed E-state index contributed by atoms with van der Waals surface area (Å²) in [6.07, 6.45) is 38.7. The Labute approximate surface area is 723 Å². The summed E-state index contributed by atoms with van der Waals surface area (Å²) in [6, 6.07) is 34.9. The van der Waals surface area contributed by atoms with E-state index in [0.717, 1.165) is 45.6 Å². The lowest BCUT2D eigenvalue weighted by Crippen LogP contribution is -1.96. The number of hydrogen-bond acceptors (Lipinski definition) is 24. The van der Waals surface area contributed by atoms with Gasteiger partial charge in [0.1, 0.15) is 55.4 Å². The quantitative estimate of drug-likeness (QED) is 0.136. The third-order valence-corrected chi connectivity index (χ3v) is 11.5. The van der Waals surface area contributed by atoms with Crippen molar-refractivity contribution in [1.29, 1.82) is 0 Å². The zero-order valence-corrected chi connectivity index (χ0v) is 81.1. The molecule has 1 aliphatic rings. The van der Waals surface area contributed by atoms with Gasteiger partial charge in [0.15, 0.2) is 0 Å². The number of hydrogen-bond donors (Lipinski definition) is 0. The first-order valence-corrected chi connectivity index (χ1v) is 42.9. The second-order valence-corrected chi connectivity index (χ2v) is 19.3. The Balaban J connectivity index is -0.000000101. The van der Waals surface area contributed by atoms with Crippen LogP contribution >= 0.6 is 11.8 Å². The molecule has 656 valence electrons. The average Bonchev–Trinajstić information content (AvgIpc) is 0.877. The van der Waals surface area contributed by atoms with E-state index < -0.39 is 0 Å². The number of pyridine rings is 1. The van der Waals surface area contributed by atoms with Gasteiger partial charge in [0.25, 0.3) is 0 Å². The van der Waals surface area contributed by atoms with Gasteiger partial charge in [-0.3, -0.25) is 15.0 Å². The van der Waals surface area contributed by atoms with Gasteiger partial charge in [-0.25, -0.2) is 59.8 Å². The van der Waals surface area contributed by atoms with Gasteiger partial charge in [0.2, 0.25) is 0 Å². The molecule has 14 rings (SSSR count). The Morgan fingerprint density at radius 3 is 0.941 bits per heavy atom. The van der Waals surface area contributed by atoms with Crippen LogP contribution in [0.5, 0.6) is 0 Å². The highest BCUT2D eigenvalue weighted by atomic mass is 32.2. The lowest BCUT2D eigenvalue weighted by molar-refractivity contribution is 0.890. The standard InChI is InChI=1S/C10H8.C9H10S.C6H7N.5C5H6N2.4C4H5N3.14C2H6/c1-2-6-10-8-4-3-7-9(10)5-1;1-2-6-9-8(4-1)5-3-7-10-9;1-6-2-4-7-5-3-6;1-5-2-6-4-7-3-5;1-5-4-6-2-3-7-5;1-5-2-3-6-4-7-5;1-5-2-3-6-7-4-5;1-5-6-3-2-4-7-5;1-4-6-2-5-3-7-4;1-4-2-6-7-3-5-4;1-4-2-5-3-6-7-4;1-4-5-2-3-6-7-4;14*1-2/h1-8H;1-2,4,6H,3,5,7H2;2-5H,1H3;5*2-4H,1H3;4*2-3H,1H3;14*1-2H3. The fraction of sp³-hybridized carbons (Fsp3) is 0.436. The summed E-state index contributed by atoms with van der Waals surface area (Å²) in [6.45, 7) is 75.0. The van der Waals surface area contributed by atoms with E-state index >= 15 is 0 Å². The van der Waals surface area contributed by atoms with E-state index in [1.165, 1.54) is 77.8 Å². The largest absolute Gasteiger partial charge is 0.265 e. The van der Waals surface area contributed by atoms with Crippen LogP contribution in [0.2, 0.25) is 0 Å². The van der Waals surface area contributed by atoms with E-state index in [4.69, 9.17) is 0 Å². The van der Waals surface area contributed by atoms with Crippen molar-refractivity contribution in [3.8, 4) is 0 Å². The molecule has 118 heavy (non-hydrogen) atoms. The monoisotopic (exact) mass is 1640 g/mol. The minimum Gasteiger partial charge on any atom is -0.265 e. The molecule has 3 aromatic carbocycles. The predicted octanol–water partition coefficient (Wildman–Crippen LogP) is 26.0. The minimum absolute atomic E-state index is 0.711. The average molecular weight is 1640 g/mol. The molecule has 1 aliphatic heterocycles. The van der Waals surface area contributed by atoms with Crippen molar-refractivity contribution in [3.05, 3.63) is 303 Å². The molecule has 0 N–H and O–H groups in total. The number of aromatic nitrogens is 23. The third-order valence-electron chi connectivity index (χ3n) is 10.3. The highest BCUT2D eigenvalue weighted by Crippen LogP contribution is 2.29. The van der Waals surface area contributed by atoms with Gasteiger partial charge in [-0.05, 0) is 157 Å². The molecule has 0 atom stereocenters.